The van der Waals surface area contributed by atoms with Gasteiger partial charge in [-0.3, -0.25) is 0 Å². The lowest BCUT2D eigenvalue weighted by Gasteiger charge is -2.19. The van der Waals surface area contributed by atoms with Crippen molar-refractivity contribution in [2.45, 2.75) is 32.9 Å². The molecule has 0 radical (unpaired) electrons. The van der Waals surface area contributed by atoms with Crippen LogP contribution in [-0.4, -0.2) is 10.5 Å². The van der Waals surface area contributed by atoms with Gasteiger partial charge in [0.15, 0.2) is 0 Å². The molecule has 0 bridgehead atoms. The normalized spacial score (nSPS) is 11.7. The smallest absolute Gasteiger partial charge is 0.399 e. The van der Waals surface area contributed by atoms with Gasteiger partial charge in [0.25, 0.3) is 0 Å². The van der Waals surface area contributed by atoms with Crippen molar-refractivity contribution >= 4 is 23.2 Å². The molecule has 4 nitrogen and oxygen atoms in total. The number of benzene rings is 1. The number of nitrogens with one attached hydrogen (secondary N) is 1. The lowest BCUT2D eigenvalue weighted by molar-refractivity contribution is 0.331. The average molecular weight is 315 g/mol. The van der Waals surface area contributed by atoms with Gasteiger partial charge in [0, 0.05) is 22.1 Å². The van der Waals surface area contributed by atoms with Crippen LogP contribution in [-0.2, 0) is 6.54 Å². The first-order chi connectivity index (χ1) is 9.32. The summed E-state index contributed by atoms with van der Waals surface area (Å²) in [7, 11) is 0. The molecule has 20 heavy (non-hydrogen) atoms. The van der Waals surface area contributed by atoms with Gasteiger partial charge in [-0.05, 0) is 39.0 Å². The largest absolute Gasteiger partial charge is 0.417 e. The van der Waals surface area contributed by atoms with Crippen molar-refractivity contribution in [3.63, 3.8) is 0 Å². The molecule has 0 atom stereocenters. The van der Waals surface area contributed by atoms with Crippen LogP contribution in [0.5, 0.6) is 11.8 Å². The van der Waals surface area contributed by atoms with Gasteiger partial charge >= 0.3 is 6.08 Å². The molecule has 0 amide bonds. The summed E-state index contributed by atoms with van der Waals surface area (Å²) >= 11 is 11.8. The molecule has 2 rings (SSSR count). The minimum atomic E-state index is 0.0143. The zero-order valence-electron chi connectivity index (χ0n) is 11.5. The molecule has 0 aliphatic carbocycles. The van der Waals surface area contributed by atoms with Crippen LogP contribution in [0.4, 0.5) is 0 Å². The second kappa shape index (κ2) is 6.04. The fourth-order valence-electron chi connectivity index (χ4n) is 1.46. The predicted molar refractivity (Wildman–Crippen MR) is 79.6 cm³/mol. The van der Waals surface area contributed by atoms with Crippen molar-refractivity contribution in [3.05, 3.63) is 40.2 Å². The molecule has 0 fully saturated rings. The number of ether oxygens (including phenoxy) is 1. The van der Waals surface area contributed by atoms with E-state index in [0.717, 1.165) is 5.69 Å². The van der Waals surface area contributed by atoms with Gasteiger partial charge in [-0.1, -0.05) is 23.2 Å². The number of aromatic nitrogens is 1. The molecule has 1 aromatic heterocycles. The van der Waals surface area contributed by atoms with Gasteiger partial charge in [0.05, 0.1) is 5.69 Å². The third-order valence-corrected chi connectivity index (χ3v) is 2.81. The highest BCUT2D eigenvalue weighted by Gasteiger charge is 2.12. The maximum absolute atomic E-state index is 5.90. The van der Waals surface area contributed by atoms with Crippen LogP contribution in [0.15, 0.2) is 28.9 Å². The van der Waals surface area contributed by atoms with Gasteiger partial charge in [0.1, 0.15) is 12.0 Å². The lowest BCUT2D eigenvalue weighted by atomic mass is 10.1. The Labute approximate surface area is 128 Å². The zero-order valence-corrected chi connectivity index (χ0v) is 13.0. The summed E-state index contributed by atoms with van der Waals surface area (Å²) in [6.07, 6.45) is 1.72. The summed E-state index contributed by atoms with van der Waals surface area (Å²) in [5.74, 6) is 0.486. The second-order valence-electron chi connectivity index (χ2n) is 5.42. The van der Waals surface area contributed by atoms with E-state index in [2.05, 4.69) is 31.1 Å². The van der Waals surface area contributed by atoms with Gasteiger partial charge in [-0.25, -0.2) is 0 Å². The van der Waals surface area contributed by atoms with E-state index < -0.39 is 0 Å². The van der Waals surface area contributed by atoms with Crippen molar-refractivity contribution in [3.8, 4) is 11.8 Å². The Balaban J connectivity index is 2.02. The number of rotatable bonds is 4. The third kappa shape index (κ3) is 4.71. The highest BCUT2D eigenvalue weighted by Crippen LogP contribution is 2.27. The summed E-state index contributed by atoms with van der Waals surface area (Å²) < 4.78 is 10.7. The number of hydrogen-bond acceptors (Lipinski definition) is 4. The summed E-state index contributed by atoms with van der Waals surface area (Å²) in [6, 6.07) is 4.92. The first-order valence-electron chi connectivity index (χ1n) is 6.15. The molecule has 108 valence electrons. The molecule has 0 aliphatic heterocycles. The molecule has 2 aromatic rings. The average Bonchev–Trinajstić information content (AvgIpc) is 2.72. The van der Waals surface area contributed by atoms with Crippen LogP contribution in [0.1, 0.15) is 26.5 Å². The molecular weight excluding hydrogens is 299 g/mol. The van der Waals surface area contributed by atoms with Crippen molar-refractivity contribution in [2.24, 2.45) is 0 Å². The first kappa shape index (κ1) is 15.2. The molecule has 1 heterocycles. The van der Waals surface area contributed by atoms with E-state index in [9.17, 15) is 0 Å². The molecule has 0 saturated heterocycles. The number of hydrogen-bond donors (Lipinski definition) is 1. The van der Waals surface area contributed by atoms with E-state index >= 15 is 0 Å². The van der Waals surface area contributed by atoms with Crippen LogP contribution in [0, 0.1) is 0 Å². The SMILES string of the molecule is CC(C)(C)NCc1coc(Oc2cc(Cl)cc(Cl)c2)n1. The van der Waals surface area contributed by atoms with Crippen LogP contribution < -0.4 is 10.1 Å². The van der Waals surface area contributed by atoms with E-state index in [1.165, 1.54) is 0 Å². The number of halogens is 2. The first-order valence-corrected chi connectivity index (χ1v) is 6.91. The quantitative estimate of drug-likeness (QED) is 0.891. The van der Waals surface area contributed by atoms with E-state index in [0.29, 0.717) is 22.3 Å². The lowest BCUT2D eigenvalue weighted by Crippen LogP contribution is -2.35. The Bertz CT molecular complexity index is 571. The zero-order chi connectivity index (χ0) is 14.8. The van der Waals surface area contributed by atoms with Crippen molar-refractivity contribution < 1.29 is 9.15 Å². The van der Waals surface area contributed by atoms with Gasteiger partial charge < -0.3 is 14.5 Å². The van der Waals surface area contributed by atoms with Gasteiger partial charge in [0.2, 0.25) is 0 Å². The number of nitrogens with zero attached hydrogens (tertiary/aromatic N) is 1. The van der Waals surface area contributed by atoms with E-state index in [4.69, 9.17) is 32.4 Å². The Morgan fingerprint density at radius 2 is 1.85 bits per heavy atom. The Hall–Kier alpha value is -1.23. The highest BCUT2D eigenvalue weighted by molar-refractivity contribution is 6.34. The van der Waals surface area contributed by atoms with E-state index in [-0.39, 0.29) is 11.6 Å². The van der Waals surface area contributed by atoms with Crippen molar-refractivity contribution in [1.29, 1.82) is 0 Å². The minimum absolute atomic E-state index is 0.0143. The van der Waals surface area contributed by atoms with Crippen LogP contribution >= 0.6 is 23.2 Å². The van der Waals surface area contributed by atoms with Crippen molar-refractivity contribution in [2.75, 3.05) is 0 Å². The topological polar surface area (TPSA) is 47.3 Å². The summed E-state index contributed by atoms with van der Waals surface area (Å²) in [4.78, 5) is 4.23. The highest BCUT2D eigenvalue weighted by atomic mass is 35.5. The van der Waals surface area contributed by atoms with Crippen LogP contribution in [0.2, 0.25) is 10.0 Å². The molecule has 1 aromatic carbocycles. The Morgan fingerprint density at radius 3 is 2.45 bits per heavy atom. The molecule has 1 N–H and O–H groups in total. The predicted octanol–water partition coefficient (Wildman–Crippen LogP) is 4.66. The Kier molecular flexibility index (Phi) is 4.58. The number of oxazole rings is 1. The second-order valence-corrected chi connectivity index (χ2v) is 6.29. The van der Waals surface area contributed by atoms with E-state index in [1.54, 1.807) is 24.5 Å². The molecule has 0 saturated carbocycles. The maximum Gasteiger partial charge on any atom is 0.399 e. The molecule has 6 heteroatoms. The summed E-state index contributed by atoms with van der Waals surface area (Å²) in [5, 5.41) is 4.30. The van der Waals surface area contributed by atoms with Crippen molar-refractivity contribution in [1.82, 2.24) is 10.3 Å². The maximum atomic E-state index is 5.90. The van der Waals surface area contributed by atoms with Gasteiger partial charge in [-0.15, -0.1) is 0 Å². The molecule has 0 unspecified atom stereocenters. The molecule has 0 aliphatic rings. The molecular formula is C14H16Cl2N2O2. The summed E-state index contributed by atoms with van der Waals surface area (Å²) in [5.41, 5.74) is 0.781. The van der Waals surface area contributed by atoms with E-state index in [1.807, 2.05) is 0 Å². The Morgan fingerprint density at radius 1 is 1.20 bits per heavy atom. The third-order valence-electron chi connectivity index (χ3n) is 2.37. The van der Waals surface area contributed by atoms with Gasteiger partial charge in [-0.2, -0.15) is 4.98 Å². The van der Waals surface area contributed by atoms with Crippen LogP contribution in [0.3, 0.4) is 0 Å². The van der Waals surface area contributed by atoms with Crippen LogP contribution in [0.25, 0.3) is 0 Å². The monoisotopic (exact) mass is 314 g/mol. The standard InChI is InChI=1S/C14H16Cl2N2O2/c1-14(2,3)17-7-11-8-19-13(18-11)20-12-5-9(15)4-10(16)6-12/h4-6,8,17H,7H2,1-3H3. The fraction of sp³-hybridized carbons (Fsp3) is 0.357. The molecule has 0 spiro atoms. The fourth-order valence-corrected chi connectivity index (χ4v) is 1.97. The minimum Gasteiger partial charge on any atom is -0.417 e. The summed E-state index contributed by atoms with van der Waals surface area (Å²) in [6.45, 7) is 6.85.